The summed E-state index contributed by atoms with van der Waals surface area (Å²) in [5.74, 6) is -1.31. The lowest BCUT2D eigenvalue weighted by atomic mass is 9.75. The Morgan fingerprint density at radius 2 is 1.71 bits per heavy atom. The smallest absolute Gasteiger partial charge is 0.173 e. The highest BCUT2D eigenvalue weighted by Gasteiger charge is 2.41. The minimum atomic E-state index is -0.827. The molecule has 0 N–H and O–H groups in total. The second-order valence-corrected chi connectivity index (χ2v) is 8.47. The van der Waals surface area contributed by atoms with Crippen molar-refractivity contribution in [2.75, 3.05) is 0 Å². The number of halogens is 2. The van der Waals surface area contributed by atoms with Gasteiger partial charge in [0, 0.05) is 12.0 Å². The van der Waals surface area contributed by atoms with Crippen molar-refractivity contribution in [2.45, 2.75) is 38.2 Å². The third-order valence-corrected chi connectivity index (χ3v) is 6.22. The molecule has 3 aromatic carbocycles. The van der Waals surface area contributed by atoms with Crippen molar-refractivity contribution in [3.05, 3.63) is 106 Å². The van der Waals surface area contributed by atoms with Gasteiger partial charge in [-0.1, -0.05) is 42.5 Å². The number of carbonyl (C=O) groups excluding carboxylic acids is 1. The molecule has 1 spiro atoms. The van der Waals surface area contributed by atoms with E-state index in [9.17, 15) is 13.6 Å². The molecule has 0 amide bonds. The van der Waals surface area contributed by atoms with E-state index in [0.717, 1.165) is 59.4 Å². The third-order valence-electron chi connectivity index (χ3n) is 6.22. The van der Waals surface area contributed by atoms with Crippen LogP contribution < -0.4 is 4.74 Å². The number of hydrogen-bond acceptors (Lipinski definition) is 2. The third kappa shape index (κ3) is 3.56. The summed E-state index contributed by atoms with van der Waals surface area (Å²) in [6.07, 6.45) is 5.33. The molecule has 0 saturated heterocycles. The quantitative estimate of drug-likeness (QED) is 0.457. The normalized spacial score (nSPS) is 16.2. The van der Waals surface area contributed by atoms with Crippen LogP contribution in [0.5, 0.6) is 5.75 Å². The molecule has 0 aromatic heterocycles. The summed E-state index contributed by atoms with van der Waals surface area (Å²) in [5, 5.41) is 0. The maximum absolute atomic E-state index is 13.9. The first-order valence-electron chi connectivity index (χ1n) is 10.5. The first-order chi connectivity index (χ1) is 14.9. The monoisotopic (exact) mass is 416 g/mol. The maximum Gasteiger partial charge on any atom is 0.173 e. The predicted molar refractivity (Wildman–Crippen MR) is 116 cm³/mol. The zero-order chi connectivity index (χ0) is 21.6. The van der Waals surface area contributed by atoms with Crippen LogP contribution in [0.3, 0.4) is 0 Å². The van der Waals surface area contributed by atoms with Gasteiger partial charge >= 0.3 is 0 Å². The highest BCUT2D eigenvalue weighted by atomic mass is 19.1. The Labute approximate surface area is 180 Å². The molecule has 4 heteroatoms. The molecule has 2 aliphatic rings. The Bertz CT molecular complexity index is 1180. The lowest BCUT2D eigenvalue weighted by Gasteiger charge is -2.43. The van der Waals surface area contributed by atoms with Crippen molar-refractivity contribution in [1.82, 2.24) is 0 Å². The average molecular weight is 416 g/mol. The summed E-state index contributed by atoms with van der Waals surface area (Å²) >= 11 is 0. The zero-order valence-electron chi connectivity index (χ0n) is 17.3. The van der Waals surface area contributed by atoms with Crippen molar-refractivity contribution >= 4 is 11.4 Å². The molecule has 5 rings (SSSR count). The Morgan fingerprint density at radius 1 is 1.00 bits per heavy atom. The predicted octanol–water partition coefficient (Wildman–Crippen LogP) is 6.45. The van der Waals surface area contributed by atoms with Crippen LogP contribution in [0.1, 0.15) is 51.9 Å². The molecule has 1 aliphatic heterocycles. The Hall–Kier alpha value is -3.27. The van der Waals surface area contributed by atoms with E-state index in [1.54, 1.807) is 0 Å². The lowest BCUT2D eigenvalue weighted by molar-refractivity contribution is 0.0376. The van der Waals surface area contributed by atoms with Crippen LogP contribution in [0.2, 0.25) is 0 Å². The van der Waals surface area contributed by atoms with Gasteiger partial charge in [-0.2, -0.15) is 0 Å². The number of fused-ring (bicyclic) bond motifs is 1. The highest BCUT2D eigenvalue weighted by Crippen LogP contribution is 2.47. The molecule has 156 valence electrons. The van der Waals surface area contributed by atoms with E-state index in [1.165, 1.54) is 6.07 Å². The first kappa shape index (κ1) is 19.7. The van der Waals surface area contributed by atoms with Crippen molar-refractivity contribution < 1.29 is 18.3 Å². The van der Waals surface area contributed by atoms with Gasteiger partial charge in [0.15, 0.2) is 5.78 Å². The van der Waals surface area contributed by atoms with E-state index >= 15 is 0 Å². The number of carbonyl (C=O) groups is 1. The van der Waals surface area contributed by atoms with Gasteiger partial charge in [-0.15, -0.1) is 0 Å². The van der Waals surface area contributed by atoms with Gasteiger partial charge in [-0.25, -0.2) is 8.78 Å². The van der Waals surface area contributed by atoms with Gasteiger partial charge in [0.25, 0.3) is 0 Å². The van der Waals surface area contributed by atoms with E-state index in [2.05, 4.69) is 31.2 Å². The van der Waals surface area contributed by atoms with Gasteiger partial charge in [-0.3, -0.25) is 4.79 Å². The van der Waals surface area contributed by atoms with Crippen LogP contribution in [0, 0.1) is 18.6 Å². The highest BCUT2D eigenvalue weighted by molar-refractivity contribution is 5.98. The van der Waals surface area contributed by atoms with Gasteiger partial charge in [0.2, 0.25) is 0 Å². The molecule has 0 bridgehead atoms. The molecule has 0 radical (unpaired) electrons. The van der Waals surface area contributed by atoms with Gasteiger partial charge in [0.1, 0.15) is 23.0 Å². The molecular weight excluding hydrogens is 394 g/mol. The Morgan fingerprint density at radius 3 is 2.35 bits per heavy atom. The van der Waals surface area contributed by atoms with Crippen molar-refractivity contribution in [1.29, 1.82) is 0 Å². The number of benzene rings is 3. The molecule has 1 fully saturated rings. The van der Waals surface area contributed by atoms with Crippen LogP contribution in [0.15, 0.2) is 66.7 Å². The second kappa shape index (κ2) is 7.45. The maximum atomic E-state index is 13.9. The second-order valence-electron chi connectivity index (χ2n) is 8.47. The number of aryl methyl sites for hydroxylation is 1. The fourth-order valence-electron chi connectivity index (χ4n) is 4.38. The molecule has 0 atom stereocenters. The number of rotatable bonds is 4. The van der Waals surface area contributed by atoms with Crippen LogP contribution in [-0.2, 0) is 6.42 Å². The standard InChI is InChI=1S/C27H22F2O2/c1-17-6-11-20-21(16-27(12-3-13-27)31-25(20)14-17)19-9-7-18(8-10-19)15-24(30)26-22(28)4-2-5-23(26)29/h2,4-11,14,16H,3,12-13,15H2,1H3. The molecule has 3 aromatic rings. The zero-order valence-corrected chi connectivity index (χ0v) is 17.3. The van der Waals surface area contributed by atoms with E-state index in [-0.39, 0.29) is 12.0 Å². The first-order valence-corrected chi connectivity index (χ1v) is 10.5. The number of ether oxygens (including phenoxy) is 1. The molecule has 1 aliphatic carbocycles. The summed E-state index contributed by atoms with van der Waals surface area (Å²) in [4.78, 5) is 12.5. The summed E-state index contributed by atoms with van der Waals surface area (Å²) < 4.78 is 34.2. The van der Waals surface area contributed by atoms with E-state index < -0.39 is 23.0 Å². The van der Waals surface area contributed by atoms with E-state index in [0.29, 0.717) is 5.56 Å². The fraction of sp³-hybridized carbons (Fsp3) is 0.222. The largest absolute Gasteiger partial charge is 0.483 e. The molecule has 31 heavy (non-hydrogen) atoms. The van der Waals surface area contributed by atoms with Crippen LogP contribution in [0.4, 0.5) is 8.78 Å². The van der Waals surface area contributed by atoms with Crippen molar-refractivity contribution in [3.63, 3.8) is 0 Å². The van der Waals surface area contributed by atoms with Crippen LogP contribution in [-0.4, -0.2) is 11.4 Å². The van der Waals surface area contributed by atoms with Crippen LogP contribution >= 0.6 is 0 Å². The lowest BCUT2D eigenvalue weighted by Crippen LogP contribution is -2.43. The molecular formula is C27H22F2O2. The summed E-state index contributed by atoms with van der Waals surface area (Å²) in [6, 6.07) is 17.3. The fourth-order valence-corrected chi connectivity index (χ4v) is 4.38. The van der Waals surface area contributed by atoms with E-state index in [1.807, 2.05) is 24.3 Å². The SMILES string of the molecule is Cc1ccc2c(c1)OC1(C=C2c2ccc(CC(=O)c3c(F)cccc3F)cc2)CCC1. The van der Waals surface area contributed by atoms with Crippen molar-refractivity contribution in [2.24, 2.45) is 0 Å². The summed E-state index contributed by atoms with van der Waals surface area (Å²) in [6.45, 7) is 2.05. The molecule has 1 saturated carbocycles. The Balaban J connectivity index is 1.44. The van der Waals surface area contributed by atoms with E-state index in [4.69, 9.17) is 4.74 Å². The molecule has 1 heterocycles. The molecule has 2 nitrogen and oxygen atoms in total. The van der Waals surface area contributed by atoms with Gasteiger partial charge in [0.05, 0.1) is 5.56 Å². The Kier molecular flexibility index (Phi) is 4.73. The van der Waals surface area contributed by atoms with Crippen LogP contribution in [0.25, 0.3) is 5.57 Å². The average Bonchev–Trinajstić information content (AvgIpc) is 2.72. The summed E-state index contributed by atoms with van der Waals surface area (Å²) in [5.41, 5.74) is 4.38. The number of ketones is 1. The number of hydrogen-bond donors (Lipinski definition) is 0. The van der Waals surface area contributed by atoms with Gasteiger partial charge in [-0.05, 0) is 72.7 Å². The van der Waals surface area contributed by atoms with Crippen molar-refractivity contribution in [3.8, 4) is 5.75 Å². The van der Waals surface area contributed by atoms with Gasteiger partial charge < -0.3 is 4.74 Å². The number of Topliss-reactive ketones (excluding diaryl/α,β-unsaturated/α-hetero) is 1. The topological polar surface area (TPSA) is 26.3 Å². The summed E-state index contributed by atoms with van der Waals surface area (Å²) in [7, 11) is 0. The minimum absolute atomic E-state index is 0.0555. The molecule has 0 unspecified atom stereocenters. The minimum Gasteiger partial charge on any atom is -0.483 e.